The molecule has 0 radical (unpaired) electrons. The first-order chi connectivity index (χ1) is 10.1. The minimum atomic E-state index is -0.114. The Morgan fingerprint density at radius 3 is 2.81 bits per heavy atom. The zero-order valence-corrected chi connectivity index (χ0v) is 12.3. The molecule has 2 aromatic rings. The van der Waals surface area contributed by atoms with Crippen LogP contribution in [0.1, 0.15) is 28.7 Å². The van der Waals surface area contributed by atoms with Gasteiger partial charge in [-0.25, -0.2) is 0 Å². The molecule has 1 amide bonds. The molecule has 110 valence electrons. The highest BCUT2D eigenvalue weighted by atomic mass is 16.1. The van der Waals surface area contributed by atoms with E-state index in [-0.39, 0.29) is 5.91 Å². The molecule has 4 N–H and O–H groups in total. The van der Waals surface area contributed by atoms with E-state index in [1.54, 1.807) is 18.2 Å². The fourth-order valence-corrected chi connectivity index (χ4v) is 2.05. The van der Waals surface area contributed by atoms with Gasteiger partial charge in [0, 0.05) is 23.6 Å². The van der Waals surface area contributed by atoms with Crippen LogP contribution in [0.5, 0.6) is 0 Å². The second kappa shape index (κ2) is 6.74. The van der Waals surface area contributed by atoms with Crippen molar-refractivity contribution in [3.8, 4) is 0 Å². The number of amides is 1. The number of carbonyl (C=O) groups is 1. The Balaban J connectivity index is 2.18. The molecular formula is C16H20N4O. The molecule has 0 unspecified atom stereocenters. The normalized spacial score (nSPS) is 10.2. The van der Waals surface area contributed by atoms with Crippen molar-refractivity contribution in [2.45, 2.75) is 20.4 Å². The van der Waals surface area contributed by atoms with Gasteiger partial charge in [-0.3, -0.25) is 9.78 Å². The van der Waals surface area contributed by atoms with Crippen molar-refractivity contribution >= 4 is 17.3 Å². The van der Waals surface area contributed by atoms with E-state index in [4.69, 9.17) is 5.73 Å². The lowest BCUT2D eigenvalue weighted by molar-refractivity contribution is 0.0956. The van der Waals surface area contributed by atoms with E-state index in [2.05, 4.69) is 15.6 Å². The molecule has 1 aromatic heterocycles. The van der Waals surface area contributed by atoms with Crippen molar-refractivity contribution in [2.24, 2.45) is 0 Å². The van der Waals surface area contributed by atoms with Gasteiger partial charge in [0.15, 0.2) is 0 Å². The maximum absolute atomic E-state index is 12.0. The summed E-state index contributed by atoms with van der Waals surface area (Å²) < 4.78 is 0. The molecule has 0 spiro atoms. The van der Waals surface area contributed by atoms with Crippen LogP contribution in [0.3, 0.4) is 0 Å². The minimum absolute atomic E-state index is 0.114. The van der Waals surface area contributed by atoms with E-state index in [9.17, 15) is 4.79 Å². The molecule has 0 fully saturated rings. The smallest absolute Gasteiger partial charge is 0.253 e. The number of nitrogens with two attached hydrogens (primary N) is 1. The van der Waals surface area contributed by atoms with E-state index in [0.29, 0.717) is 30.0 Å². The molecule has 0 saturated heterocycles. The average molecular weight is 284 g/mol. The maximum Gasteiger partial charge on any atom is 0.253 e. The number of nitrogens with one attached hydrogen (secondary N) is 2. The predicted molar refractivity (Wildman–Crippen MR) is 85.2 cm³/mol. The van der Waals surface area contributed by atoms with Gasteiger partial charge in [-0.05, 0) is 44.2 Å². The summed E-state index contributed by atoms with van der Waals surface area (Å²) in [7, 11) is 0. The van der Waals surface area contributed by atoms with Crippen molar-refractivity contribution in [1.29, 1.82) is 0 Å². The molecule has 5 heteroatoms. The van der Waals surface area contributed by atoms with Gasteiger partial charge in [-0.2, -0.15) is 0 Å². The first-order valence-corrected chi connectivity index (χ1v) is 6.94. The summed E-state index contributed by atoms with van der Waals surface area (Å²) in [5.41, 5.74) is 9.60. The lowest BCUT2D eigenvalue weighted by atomic mass is 10.1. The van der Waals surface area contributed by atoms with Crippen molar-refractivity contribution in [1.82, 2.24) is 10.3 Å². The highest BCUT2D eigenvalue weighted by molar-refractivity contribution is 6.00. The Labute approximate surface area is 124 Å². The van der Waals surface area contributed by atoms with Gasteiger partial charge in [-0.1, -0.05) is 6.07 Å². The van der Waals surface area contributed by atoms with Crippen LogP contribution in [0.15, 0.2) is 36.4 Å². The van der Waals surface area contributed by atoms with Gasteiger partial charge < -0.3 is 16.4 Å². The highest BCUT2D eigenvalue weighted by Gasteiger charge is 2.11. The number of aromatic nitrogens is 1. The van der Waals surface area contributed by atoms with Crippen molar-refractivity contribution in [3.05, 3.63) is 53.3 Å². The molecule has 0 atom stereocenters. The van der Waals surface area contributed by atoms with Crippen molar-refractivity contribution < 1.29 is 4.79 Å². The predicted octanol–water partition coefficient (Wildman–Crippen LogP) is 2.33. The number of benzene rings is 1. The van der Waals surface area contributed by atoms with E-state index in [1.165, 1.54) is 0 Å². The molecule has 0 aliphatic heterocycles. The van der Waals surface area contributed by atoms with Gasteiger partial charge in [0.2, 0.25) is 0 Å². The maximum atomic E-state index is 12.0. The molecule has 0 aliphatic rings. The molecule has 5 nitrogen and oxygen atoms in total. The molecule has 1 aromatic carbocycles. The largest absolute Gasteiger partial charge is 0.399 e. The monoisotopic (exact) mass is 284 g/mol. The van der Waals surface area contributed by atoms with Crippen LogP contribution in [0.25, 0.3) is 0 Å². The molecule has 21 heavy (non-hydrogen) atoms. The summed E-state index contributed by atoms with van der Waals surface area (Å²) in [6.45, 7) is 4.96. The lowest BCUT2D eigenvalue weighted by Gasteiger charge is -2.12. The second-order valence-corrected chi connectivity index (χ2v) is 4.79. The number of hydrogen-bond acceptors (Lipinski definition) is 4. The standard InChI is InChI=1S/C16H20N4O/c1-3-18-16(21)14-8-7-12(17)9-15(14)19-10-13-6-4-5-11(2)20-13/h4-9,19H,3,10,17H2,1-2H3,(H,18,21). The molecule has 0 bridgehead atoms. The number of aryl methyl sites for hydroxylation is 1. The van der Waals surface area contributed by atoms with Crippen LogP contribution in [0.2, 0.25) is 0 Å². The number of rotatable bonds is 5. The Bertz CT molecular complexity index is 640. The molecular weight excluding hydrogens is 264 g/mol. The first-order valence-electron chi connectivity index (χ1n) is 6.94. The van der Waals surface area contributed by atoms with Crippen LogP contribution in [0, 0.1) is 6.92 Å². The number of pyridine rings is 1. The minimum Gasteiger partial charge on any atom is -0.399 e. The Hall–Kier alpha value is -2.56. The number of carbonyl (C=O) groups excluding carboxylic acids is 1. The average Bonchev–Trinajstić information content (AvgIpc) is 2.45. The lowest BCUT2D eigenvalue weighted by Crippen LogP contribution is -2.24. The summed E-state index contributed by atoms with van der Waals surface area (Å²) in [5, 5.41) is 6.03. The van der Waals surface area contributed by atoms with Crippen LogP contribution in [-0.2, 0) is 6.54 Å². The topological polar surface area (TPSA) is 80.0 Å². The van der Waals surface area contributed by atoms with Crippen LogP contribution in [0.4, 0.5) is 11.4 Å². The van der Waals surface area contributed by atoms with E-state index in [1.807, 2.05) is 32.0 Å². The number of nitrogen functional groups attached to an aromatic ring is 1. The zero-order valence-electron chi connectivity index (χ0n) is 12.3. The van der Waals surface area contributed by atoms with E-state index in [0.717, 1.165) is 11.4 Å². The third-order valence-electron chi connectivity index (χ3n) is 3.03. The van der Waals surface area contributed by atoms with Crippen molar-refractivity contribution in [3.63, 3.8) is 0 Å². The fourth-order valence-electron chi connectivity index (χ4n) is 2.05. The summed E-state index contributed by atoms with van der Waals surface area (Å²) in [5.74, 6) is -0.114. The Morgan fingerprint density at radius 1 is 1.29 bits per heavy atom. The van der Waals surface area contributed by atoms with Crippen LogP contribution in [-0.4, -0.2) is 17.4 Å². The fraction of sp³-hybridized carbons (Fsp3) is 0.250. The summed E-state index contributed by atoms with van der Waals surface area (Å²) in [4.78, 5) is 16.5. The van der Waals surface area contributed by atoms with Gasteiger partial charge in [0.05, 0.1) is 17.8 Å². The third kappa shape index (κ3) is 3.95. The highest BCUT2D eigenvalue weighted by Crippen LogP contribution is 2.20. The molecule has 0 aliphatic carbocycles. The second-order valence-electron chi connectivity index (χ2n) is 4.79. The van der Waals surface area contributed by atoms with E-state index >= 15 is 0 Å². The SMILES string of the molecule is CCNC(=O)c1ccc(N)cc1NCc1cccc(C)n1. The Morgan fingerprint density at radius 2 is 2.10 bits per heavy atom. The first kappa shape index (κ1) is 14.8. The third-order valence-corrected chi connectivity index (χ3v) is 3.03. The van der Waals surface area contributed by atoms with Gasteiger partial charge in [0.1, 0.15) is 0 Å². The van der Waals surface area contributed by atoms with Gasteiger partial charge in [0.25, 0.3) is 5.91 Å². The molecule has 1 heterocycles. The number of nitrogens with zero attached hydrogens (tertiary/aromatic N) is 1. The Kier molecular flexibility index (Phi) is 4.77. The summed E-state index contributed by atoms with van der Waals surface area (Å²) in [6.07, 6.45) is 0. The zero-order chi connectivity index (χ0) is 15.2. The molecule has 2 rings (SSSR count). The van der Waals surface area contributed by atoms with Crippen LogP contribution < -0.4 is 16.4 Å². The van der Waals surface area contributed by atoms with Gasteiger partial charge in [-0.15, -0.1) is 0 Å². The van der Waals surface area contributed by atoms with Crippen LogP contribution >= 0.6 is 0 Å². The quantitative estimate of drug-likeness (QED) is 0.736. The summed E-state index contributed by atoms with van der Waals surface area (Å²) >= 11 is 0. The number of anilines is 2. The summed E-state index contributed by atoms with van der Waals surface area (Å²) in [6, 6.07) is 11.1. The molecule has 0 saturated carbocycles. The van der Waals surface area contributed by atoms with Gasteiger partial charge >= 0.3 is 0 Å². The number of hydrogen-bond donors (Lipinski definition) is 3. The van der Waals surface area contributed by atoms with E-state index < -0.39 is 0 Å². The van der Waals surface area contributed by atoms with Crippen molar-refractivity contribution in [2.75, 3.05) is 17.6 Å².